The van der Waals surface area contributed by atoms with Crippen molar-refractivity contribution in [3.63, 3.8) is 0 Å². The summed E-state index contributed by atoms with van der Waals surface area (Å²) in [4.78, 5) is 15.9. The van der Waals surface area contributed by atoms with E-state index in [0.29, 0.717) is 26.2 Å². The molecule has 3 aromatic rings. The maximum absolute atomic E-state index is 12.7. The summed E-state index contributed by atoms with van der Waals surface area (Å²) in [5.41, 5.74) is 3.81. The molecular formula is C21H25N3O4. The minimum Gasteiger partial charge on any atom is -0.379 e. The molecule has 0 spiro atoms. The Morgan fingerprint density at radius 1 is 1.36 bits per heavy atom. The number of carbonyl (C=O) groups is 1. The van der Waals surface area contributed by atoms with Gasteiger partial charge in [0.25, 0.3) is 0 Å². The zero-order valence-electron chi connectivity index (χ0n) is 16.2. The number of rotatable bonds is 6. The fraction of sp³-hybridized carbons (Fsp3) is 0.429. The van der Waals surface area contributed by atoms with Gasteiger partial charge in [-0.1, -0.05) is 23.4 Å². The van der Waals surface area contributed by atoms with E-state index in [2.05, 4.69) is 15.5 Å². The Morgan fingerprint density at radius 2 is 2.21 bits per heavy atom. The molecule has 1 saturated heterocycles. The van der Waals surface area contributed by atoms with Gasteiger partial charge in [-0.05, 0) is 31.9 Å². The summed E-state index contributed by atoms with van der Waals surface area (Å²) in [6.45, 7) is 5.23. The second-order valence-electron chi connectivity index (χ2n) is 7.23. The van der Waals surface area contributed by atoms with E-state index in [-0.39, 0.29) is 18.1 Å². The van der Waals surface area contributed by atoms with E-state index >= 15 is 0 Å². The van der Waals surface area contributed by atoms with Gasteiger partial charge >= 0.3 is 0 Å². The van der Waals surface area contributed by atoms with Crippen LogP contribution < -0.4 is 5.32 Å². The van der Waals surface area contributed by atoms with Gasteiger partial charge in [0.05, 0.1) is 31.4 Å². The Kier molecular flexibility index (Phi) is 5.45. The number of nitrogens with zero attached hydrogens (tertiary/aromatic N) is 1. The van der Waals surface area contributed by atoms with Gasteiger partial charge < -0.3 is 24.3 Å². The molecule has 28 heavy (non-hydrogen) atoms. The summed E-state index contributed by atoms with van der Waals surface area (Å²) in [6.07, 6.45) is 2.76. The number of aromatic amines is 1. The second-order valence-corrected chi connectivity index (χ2v) is 7.23. The third kappa shape index (κ3) is 3.95. The van der Waals surface area contributed by atoms with E-state index in [1.807, 2.05) is 44.3 Å². The molecule has 2 N–H and O–H groups in total. The number of para-hydroxylation sites is 1. The number of benzene rings is 1. The summed E-state index contributed by atoms with van der Waals surface area (Å²) in [5, 5.41) is 8.17. The molecule has 0 saturated carbocycles. The van der Waals surface area contributed by atoms with Gasteiger partial charge in [0.1, 0.15) is 11.9 Å². The normalized spacial score (nSPS) is 19.8. The van der Waals surface area contributed by atoms with E-state index in [1.165, 1.54) is 0 Å². The summed E-state index contributed by atoms with van der Waals surface area (Å²) in [5.74, 6) is 0.747. The van der Waals surface area contributed by atoms with Crippen LogP contribution in [0.5, 0.6) is 0 Å². The number of hydrogen-bond acceptors (Lipinski definition) is 5. The zero-order valence-corrected chi connectivity index (χ0v) is 16.2. The first kappa shape index (κ1) is 18.7. The maximum atomic E-state index is 12.7. The smallest absolute Gasteiger partial charge is 0.224 e. The highest BCUT2D eigenvalue weighted by atomic mass is 16.5. The Hall–Kier alpha value is -2.64. The average Bonchev–Trinajstić information content (AvgIpc) is 3.24. The van der Waals surface area contributed by atoms with E-state index in [1.54, 1.807) is 0 Å². The number of H-pyrrole nitrogens is 1. The summed E-state index contributed by atoms with van der Waals surface area (Å²) < 4.78 is 16.8. The topological polar surface area (TPSA) is 89.4 Å². The number of fused-ring (bicyclic) bond motifs is 1. The zero-order chi connectivity index (χ0) is 19.5. The van der Waals surface area contributed by atoms with Gasteiger partial charge in [0, 0.05) is 29.3 Å². The molecule has 148 valence electrons. The number of ether oxygens (including phenoxy) is 2. The Bertz CT molecular complexity index is 942. The average molecular weight is 383 g/mol. The largest absolute Gasteiger partial charge is 0.379 e. The fourth-order valence-electron chi connectivity index (χ4n) is 3.65. The monoisotopic (exact) mass is 383 g/mol. The molecule has 0 bridgehead atoms. The SMILES string of the molecule is Cc1noc(C)c1COC1COCCC1NC(=O)Cc1c[nH]c2ccccc12. The van der Waals surface area contributed by atoms with Crippen LogP contribution in [0.1, 0.15) is 29.0 Å². The van der Waals surface area contributed by atoms with Crippen molar-refractivity contribution in [3.8, 4) is 0 Å². The van der Waals surface area contributed by atoms with Crippen molar-refractivity contribution in [2.75, 3.05) is 13.2 Å². The van der Waals surface area contributed by atoms with Crippen molar-refractivity contribution in [2.45, 2.75) is 45.4 Å². The minimum absolute atomic E-state index is 0.0115. The van der Waals surface area contributed by atoms with Gasteiger partial charge in [0.2, 0.25) is 5.91 Å². The summed E-state index contributed by atoms with van der Waals surface area (Å²) in [7, 11) is 0. The van der Waals surface area contributed by atoms with Gasteiger partial charge in [-0.25, -0.2) is 0 Å². The highest BCUT2D eigenvalue weighted by Gasteiger charge is 2.28. The fourth-order valence-corrected chi connectivity index (χ4v) is 3.65. The van der Waals surface area contributed by atoms with Crippen molar-refractivity contribution in [1.82, 2.24) is 15.5 Å². The van der Waals surface area contributed by atoms with Crippen LogP contribution in [0, 0.1) is 13.8 Å². The number of carbonyl (C=O) groups excluding carboxylic acids is 1. The highest BCUT2D eigenvalue weighted by Crippen LogP contribution is 2.20. The van der Waals surface area contributed by atoms with Gasteiger partial charge in [0.15, 0.2) is 0 Å². The van der Waals surface area contributed by atoms with Crippen LogP contribution in [0.25, 0.3) is 10.9 Å². The maximum Gasteiger partial charge on any atom is 0.224 e. The van der Waals surface area contributed by atoms with Crippen molar-refractivity contribution in [1.29, 1.82) is 0 Å². The molecule has 2 aromatic heterocycles. The van der Waals surface area contributed by atoms with E-state index in [9.17, 15) is 4.79 Å². The molecule has 1 aliphatic rings. The minimum atomic E-state index is -0.200. The van der Waals surface area contributed by atoms with Gasteiger partial charge in [-0.15, -0.1) is 0 Å². The third-order valence-electron chi connectivity index (χ3n) is 5.30. The number of nitrogens with one attached hydrogen (secondary N) is 2. The van der Waals surface area contributed by atoms with Crippen LogP contribution in [0.4, 0.5) is 0 Å². The predicted octanol–water partition coefficient (Wildman–Crippen LogP) is 2.81. The lowest BCUT2D eigenvalue weighted by molar-refractivity contribution is -0.126. The highest BCUT2D eigenvalue weighted by molar-refractivity contribution is 5.88. The number of aromatic nitrogens is 2. The lowest BCUT2D eigenvalue weighted by Crippen LogP contribution is -2.50. The summed E-state index contributed by atoms with van der Waals surface area (Å²) in [6, 6.07) is 7.92. The second kappa shape index (κ2) is 8.16. The van der Waals surface area contributed by atoms with E-state index in [4.69, 9.17) is 14.0 Å². The lowest BCUT2D eigenvalue weighted by Gasteiger charge is -2.32. The standard InChI is InChI=1S/C21H25N3O4/c1-13-17(14(2)28-24-13)11-27-20-12-26-8-7-19(20)23-21(25)9-15-10-22-18-6-4-3-5-16(15)18/h3-6,10,19-20,22H,7-9,11-12H2,1-2H3,(H,23,25). The third-order valence-corrected chi connectivity index (χ3v) is 5.30. The van der Waals surface area contributed by atoms with Crippen LogP contribution in [-0.2, 0) is 27.3 Å². The molecule has 0 radical (unpaired) electrons. The molecule has 3 heterocycles. The number of hydrogen-bond donors (Lipinski definition) is 2. The molecule has 1 amide bonds. The first-order chi connectivity index (χ1) is 13.6. The molecule has 2 unspecified atom stereocenters. The predicted molar refractivity (Wildman–Crippen MR) is 104 cm³/mol. The first-order valence-corrected chi connectivity index (χ1v) is 9.57. The van der Waals surface area contributed by atoms with Crippen LogP contribution >= 0.6 is 0 Å². The molecule has 1 fully saturated rings. The van der Waals surface area contributed by atoms with E-state index < -0.39 is 0 Å². The van der Waals surface area contributed by atoms with Crippen LogP contribution in [0.15, 0.2) is 35.0 Å². The van der Waals surface area contributed by atoms with Crippen molar-refractivity contribution < 1.29 is 18.8 Å². The van der Waals surface area contributed by atoms with Gasteiger partial charge in [-0.2, -0.15) is 0 Å². The molecule has 7 heteroatoms. The van der Waals surface area contributed by atoms with Crippen molar-refractivity contribution in [3.05, 3.63) is 53.0 Å². The van der Waals surface area contributed by atoms with Crippen LogP contribution in [0.2, 0.25) is 0 Å². The molecule has 7 nitrogen and oxygen atoms in total. The van der Waals surface area contributed by atoms with Crippen LogP contribution in [-0.4, -0.2) is 41.4 Å². The molecule has 1 aromatic carbocycles. The Balaban J connectivity index is 1.38. The molecule has 2 atom stereocenters. The molecule has 1 aliphatic heterocycles. The lowest BCUT2D eigenvalue weighted by atomic mass is 10.0. The Labute approximate surface area is 163 Å². The molecule has 4 rings (SSSR count). The first-order valence-electron chi connectivity index (χ1n) is 9.57. The van der Waals surface area contributed by atoms with Crippen molar-refractivity contribution >= 4 is 16.8 Å². The number of amides is 1. The summed E-state index contributed by atoms with van der Waals surface area (Å²) >= 11 is 0. The molecular weight excluding hydrogens is 358 g/mol. The quantitative estimate of drug-likeness (QED) is 0.683. The van der Waals surface area contributed by atoms with E-state index in [0.717, 1.165) is 39.9 Å². The van der Waals surface area contributed by atoms with Gasteiger partial charge in [-0.3, -0.25) is 4.79 Å². The number of aryl methyl sites for hydroxylation is 2. The van der Waals surface area contributed by atoms with Crippen LogP contribution in [0.3, 0.4) is 0 Å². The molecule has 0 aliphatic carbocycles. The Morgan fingerprint density at radius 3 is 3.04 bits per heavy atom. The van der Waals surface area contributed by atoms with Crippen molar-refractivity contribution in [2.24, 2.45) is 0 Å².